The Hall–Kier alpha value is -6.76. The summed E-state index contributed by atoms with van der Waals surface area (Å²) in [6.07, 6.45) is 8.52. The quantitative estimate of drug-likeness (QED) is 0.135. The van der Waals surface area contributed by atoms with Crippen molar-refractivity contribution >= 4 is 52.1 Å². The van der Waals surface area contributed by atoms with Crippen molar-refractivity contribution in [2.45, 2.75) is 0 Å². The first-order chi connectivity index (χ1) is 25.7. The first-order valence-corrected chi connectivity index (χ1v) is 17.6. The van der Waals surface area contributed by atoms with E-state index in [1.54, 1.807) is 0 Å². The second kappa shape index (κ2) is 13.5. The third kappa shape index (κ3) is 5.81. The highest BCUT2D eigenvalue weighted by atomic mass is 14.9. The molecule has 0 spiro atoms. The summed E-state index contributed by atoms with van der Waals surface area (Å²) < 4.78 is 0. The Morgan fingerprint density at radius 1 is 0.423 bits per heavy atom. The van der Waals surface area contributed by atoms with Crippen molar-refractivity contribution in [1.82, 2.24) is 19.9 Å². The molecule has 7 aromatic rings. The number of rotatable bonds is 7. The van der Waals surface area contributed by atoms with Gasteiger partial charge in [0.15, 0.2) is 0 Å². The minimum atomic E-state index is 0.549. The molecule has 0 atom stereocenters. The zero-order chi connectivity index (χ0) is 34.9. The fourth-order valence-electron chi connectivity index (χ4n) is 7.24. The Morgan fingerprint density at radius 2 is 0.788 bits per heavy atom. The summed E-state index contributed by atoms with van der Waals surface area (Å²) in [6.45, 7) is 1.23. The highest BCUT2D eigenvalue weighted by molar-refractivity contribution is 6.00. The lowest BCUT2D eigenvalue weighted by molar-refractivity contribution is 1.02. The maximum atomic E-state index is 5.85. The molecule has 2 aliphatic heterocycles. The van der Waals surface area contributed by atoms with E-state index >= 15 is 0 Å². The van der Waals surface area contributed by atoms with Gasteiger partial charge in [-0.25, -0.2) is 9.97 Å². The van der Waals surface area contributed by atoms with Gasteiger partial charge in [-0.3, -0.25) is 0 Å². The minimum absolute atomic E-state index is 0.549. The average molecular weight is 673 g/mol. The van der Waals surface area contributed by atoms with Crippen molar-refractivity contribution < 1.29 is 0 Å². The maximum absolute atomic E-state index is 5.85. The number of hydrogen-bond donors (Lipinski definition) is 4. The first-order valence-electron chi connectivity index (χ1n) is 17.6. The largest absolute Gasteiger partial charge is 0.384 e. The molecule has 4 aromatic carbocycles. The molecule has 5 N–H and O–H groups in total. The number of aromatic amines is 2. The molecule has 0 saturated heterocycles. The minimum Gasteiger partial charge on any atom is -0.384 e. The molecule has 6 heteroatoms. The molecule has 8 bridgehead atoms. The summed E-state index contributed by atoms with van der Waals surface area (Å²) in [7, 11) is 0. The van der Waals surface area contributed by atoms with E-state index in [2.05, 4.69) is 161 Å². The van der Waals surface area contributed by atoms with E-state index in [1.807, 2.05) is 18.2 Å². The van der Waals surface area contributed by atoms with E-state index in [-0.39, 0.29) is 0 Å². The molecule has 3 aromatic heterocycles. The Morgan fingerprint density at radius 3 is 1.17 bits per heavy atom. The van der Waals surface area contributed by atoms with Crippen LogP contribution in [0.1, 0.15) is 22.8 Å². The number of fused-ring (bicyclic) bond motifs is 8. The second-order valence-electron chi connectivity index (χ2n) is 12.9. The van der Waals surface area contributed by atoms with Crippen LogP contribution in [0.3, 0.4) is 0 Å². The van der Waals surface area contributed by atoms with Crippen molar-refractivity contribution in [2.75, 3.05) is 18.4 Å². The molecule has 52 heavy (non-hydrogen) atoms. The van der Waals surface area contributed by atoms with Gasteiger partial charge in [-0.15, -0.1) is 0 Å². The van der Waals surface area contributed by atoms with Gasteiger partial charge in [0.1, 0.15) is 0 Å². The molecule has 6 nitrogen and oxygen atoms in total. The number of nitrogens with one attached hydrogen (secondary N) is 3. The van der Waals surface area contributed by atoms with Crippen molar-refractivity contribution in [3.8, 4) is 44.5 Å². The van der Waals surface area contributed by atoms with Crippen LogP contribution in [0.15, 0.2) is 140 Å². The van der Waals surface area contributed by atoms with E-state index in [0.29, 0.717) is 13.1 Å². The predicted octanol–water partition coefficient (Wildman–Crippen LogP) is 10.7. The standard InChI is InChI=1S/C46H36N6/c47-27-28-48-34-18-10-17-33(29-34)46-41-25-23-39(51-41)44(31-13-6-2-7-14-31)37-21-19-35(49-37)43(30-11-4-1-5-12-30)36-20-22-38(50-36)45(32-15-8-3-9-16-32)40-24-26-42(46)52-40/h1-26,29,48-49,52H,27-28,47H2. The summed E-state index contributed by atoms with van der Waals surface area (Å²) >= 11 is 0. The molecule has 0 fully saturated rings. The van der Waals surface area contributed by atoms with Crippen LogP contribution >= 0.6 is 0 Å². The SMILES string of the molecule is NCCNc1cccc(-c2c3nc(c(-c4ccccc4)c4ccc([nH]4)c(-c4ccccc4)c4nc(c(-c5ccccc5)c5ccc2[nH]5)C=C4)C=C3)c1. The van der Waals surface area contributed by atoms with Gasteiger partial charge in [-0.05, 0) is 83.0 Å². The fraction of sp³-hybridized carbons (Fsp3) is 0.0435. The third-order valence-electron chi connectivity index (χ3n) is 9.57. The summed E-state index contributed by atoms with van der Waals surface area (Å²) in [5.74, 6) is 0. The fourth-order valence-corrected chi connectivity index (χ4v) is 7.24. The van der Waals surface area contributed by atoms with Crippen LogP contribution in [-0.2, 0) is 0 Å². The van der Waals surface area contributed by atoms with E-state index in [9.17, 15) is 0 Å². The van der Waals surface area contributed by atoms with E-state index in [1.165, 1.54) is 0 Å². The number of anilines is 1. The van der Waals surface area contributed by atoms with Crippen molar-refractivity contribution in [3.05, 3.63) is 162 Å². The van der Waals surface area contributed by atoms with E-state index in [4.69, 9.17) is 15.7 Å². The lowest BCUT2D eigenvalue weighted by atomic mass is 10.0. The Balaban J connectivity index is 1.45. The van der Waals surface area contributed by atoms with Crippen molar-refractivity contribution in [1.29, 1.82) is 0 Å². The molecule has 2 aliphatic rings. The molecule has 9 rings (SSSR count). The number of nitrogens with two attached hydrogens (primary N) is 1. The summed E-state index contributed by atoms with van der Waals surface area (Å²) in [4.78, 5) is 18.4. The lowest BCUT2D eigenvalue weighted by Gasteiger charge is -2.09. The summed E-state index contributed by atoms with van der Waals surface area (Å²) in [5.41, 5.74) is 22.7. The highest BCUT2D eigenvalue weighted by Gasteiger charge is 2.19. The lowest BCUT2D eigenvalue weighted by Crippen LogP contribution is -2.12. The number of H-pyrrole nitrogens is 2. The second-order valence-corrected chi connectivity index (χ2v) is 12.9. The maximum Gasteiger partial charge on any atom is 0.0737 e. The topological polar surface area (TPSA) is 95.4 Å². The molecular weight excluding hydrogens is 637 g/mol. The molecule has 0 aliphatic carbocycles. The molecule has 250 valence electrons. The first kappa shape index (κ1) is 31.2. The highest BCUT2D eigenvalue weighted by Crippen LogP contribution is 2.38. The van der Waals surface area contributed by atoms with Gasteiger partial charge in [-0.1, -0.05) is 103 Å². The summed E-state index contributed by atoms with van der Waals surface area (Å²) in [5, 5.41) is 3.45. The number of aromatic nitrogens is 4. The van der Waals surface area contributed by atoms with Gasteiger partial charge in [0, 0.05) is 63.1 Å². The Kier molecular flexibility index (Phi) is 8.12. The third-order valence-corrected chi connectivity index (χ3v) is 9.57. The van der Waals surface area contributed by atoms with Crippen molar-refractivity contribution in [2.24, 2.45) is 5.73 Å². The number of benzene rings is 4. The smallest absolute Gasteiger partial charge is 0.0737 e. The van der Waals surface area contributed by atoms with Gasteiger partial charge in [0.25, 0.3) is 0 Å². The zero-order valence-electron chi connectivity index (χ0n) is 28.5. The van der Waals surface area contributed by atoms with E-state index < -0.39 is 0 Å². The van der Waals surface area contributed by atoms with Gasteiger partial charge in [0.05, 0.1) is 22.8 Å². The van der Waals surface area contributed by atoms with Gasteiger partial charge >= 0.3 is 0 Å². The normalized spacial score (nSPS) is 11.9. The number of hydrogen-bond acceptors (Lipinski definition) is 4. The van der Waals surface area contributed by atoms with Crippen LogP contribution in [0.4, 0.5) is 5.69 Å². The zero-order valence-corrected chi connectivity index (χ0v) is 28.5. The number of nitrogens with zero attached hydrogens (tertiary/aromatic N) is 2. The molecular formula is C46H36N6. The van der Waals surface area contributed by atoms with Crippen LogP contribution < -0.4 is 11.1 Å². The molecule has 0 unspecified atom stereocenters. The van der Waals surface area contributed by atoms with Gasteiger partial charge in [-0.2, -0.15) is 0 Å². The Labute approximate surface area is 302 Å². The van der Waals surface area contributed by atoms with Gasteiger partial charge < -0.3 is 21.0 Å². The van der Waals surface area contributed by atoms with Crippen LogP contribution in [-0.4, -0.2) is 33.0 Å². The van der Waals surface area contributed by atoms with Crippen molar-refractivity contribution in [3.63, 3.8) is 0 Å². The molecule has 0 radical (unpaired) electrons. The average Bonchev–Trinajstić information content (AvgIpc) is 4.03. The molecule has 0 amide bonds. The van der Waals surface area contributed by atoms with Crippen LogP contribution in [0, 0.1) is 0 Å². The van der Waals surface area contributed by atoms with Gasteiger partial charge in [0.2, 0.25) is 0 Å². The van der Waals surface area contributed by atoms with Crippen LogP contribution in [0.2, 0.25) is 0 Å². The summed E-state index contributed by atoms with van der Waals surface area (Å²) in [6, 6.07) is 48.5. The molecule has 0 saturated carbocycles. The van der Waals surface area contributed by atoms with Crippen LogP contribution in [0.25, 0.3) is 90.9 Å². The Bertz CT molecular complexity index is 2610. The predicted molar refractivity (Wildman–Crippen MR) is 218 cm³/mol. The van der Waals surface area contributed by atoms with Crippen LogP contribution in [0.5, 0.6) is 0 Å². The van der Waals surface area contributed by atoms with E-state index in [0.717, 1.165) is 95.0 Å². The monoisotopic (exact) mass is 672 g/mol. The molecule has 5 heterocycles.